The van der Waals surface area contributed by atoms with E-state index in [1.54, 1.807) is 24.3 Å². The van der Waals surface area contributed by atoms with Gasteiger partial charge in [-0.05, 0) is 31.0 Å². The molecule has 1 atom stereocenters. The molecule has 4 rings (SSSR count). The molecule has 3 aromatic rings. The van der Waals surface area contributed by atoms with Crippen LogP contribution < -0.4 is 15.6 Å². The molecule has 1 fully saturated rings. The maximum absolute atomic E-state index is 13.3. The van der Waals surface area contributed by atoms with Crippen molar-refractivity contribution in [2.75, 3.05) is 26.2 Å². The Kier molecular flexibility index (Phi) is 7.00. The van der Waals surface area contributed by atoms with Gasteiger partial charge in [0.2, 0.25) is 0 Å². The topological polar surface area (TPSA) is 94.7 Å². The number of H-pyrrole nitrogens is 1. The number of likely N-dealkylation sites (tertiary alicyclic amines) is 1. The molecule has 0 radical (unpaired) electrons. The molecule has 0 spiro atoms. The van der Waals surface area contributed by atoms with Crippen molar-refractivity contribution >= 4 is 16.7 Å². The summed E-state index contributed by atoms with van der Waals surface area (Å²) >= 11 is 0. The second kappa shape index (κ2) is 10.1. The summed E-state index contributed by atoms with van der Waals surface area (Å²) in [7, 11) is 0. The SMILES string of the molecule is O=C(NC[C@@H](O)CN1CCC(Oc2ccc(F)c(F)c2)CC1)c1c[nH]c(=O)c2ccccc12. The average molecular weight is 457 g/mol. The Morgan fingerprint density at radius 3 is 2.61 bits per heavy atom. The molecule has 1 amide bonds. The summed E-state index contributed by atoms with van der Waals surface area (Å²) in [6.07, 6.45) is 1.86. The van der Waals surface area contributed by atoms with Gasteiger partial charge in [-0.3, -0.25) is 9.59 Å². The third-order valence-corrected chi connectivity index (χ3v) is 5.75. The average Bonchev–Trinajstić information content (AvgIpc) is 2.82. The van der Waals surface area contributed by atoms with Gasteiger partial charge in [0.15, 0.2) is 11.6 Å². The molecule has 2 aromatic carbocycles. The number of nitrogens with one attached hydrogen (secondary N) is 2. The fourth-order valence-electron chi connectivity index (χ4n) is 4.02. The molecular formula is C24H25F2N3O4. The third-order valence-electron chi connectivity index (χ3n) is 5.75. The number of aromatic amines is 1. The number of pyridine rings is 1. The highest BCUT2D eigenvalue weighted by molar-refractivity contribution is 6.06. The van der Waals surface area contributed by atoms with Crippen molar-refractivity contribution in [1.82, 2.24) is 15.2 Å². The van der Waals surface area contributed by atoms with E-state index >= 15 is 0 Å². The van der Waals surface area contributed by atoms with Crippen molar-refractivity contribution in [3.05, 3.63) is 76.2 Å². The predicted octanol–water partition coefficient (Wildman–Crippen LogP) is 2.44. The van der Waals surface area contributed by atoms with Crippen LogP contribution in [-0.4, -0.2) is 59.3 Å². The number of aliphatic hydroxyl groups excluding tert-OH is 1. The Hall–Kier alpha value is -3.30. The third kappa shape index (κ3) is 5.55. The maximum atomic E-state index is 13.3. The number of rotatable bonds is 7. The van der Waals surface area contributed by atoms with Crippen molar-refractivity contribution in [3.8, 4) is 5.75 Å². The van der Waals surface area contributed by atoms with E-state index in [2.05, 4.69) is 15.2 Å². The van der Waals surface area contributed by atoms with Crippen molar-refractivity contribution in [2.45, 2.75) is 25.0 Å². The van der Waals surface area contributed by atoms with Crippen molar-refractivity contribution in [2.24, 2.45) is 0 Å². The van der Waals surface area contributed by atoms with Gasteiger partial charge in [0, 0.05) is 49.2 Å². The number of carbonyl (C=O) groups is 1. The van der Waals surface area contributed by atoms with E-state index in [1.807, 2.05) is 0 Å². The molecule has 2 heterocycles. The van der Waals surface area contributed by atoms with Crippen LogP contribution in [0.2, 0.25) is 0 Å². The summed E-state index contributed by atoms with van der Waals surface area (Å²) in [5.41, 5.74) is 0.0757. The highest BCUT2D eigenvalue weighted by Gasteiger charge is 2.23. The number of aromatic nitrogens is 1. The van der Waals surface area contributed by atoms with Crippen LogP contribution in [0.25, 0.3) is 10.8 Å². The van der Waals surface area contributed by atoms with Gasteiger partial charge in [-0.1, -0.05) is 18.2 Å². The van der Waals surface area contributed by atoms with Crippen molar-refractivity contribution in [1.29, 1.82) is 0 Å². The van der Waals surface area contributed by atoms with Crippen molar-refractivity contribution < 1.29 is 23.4 Å². The van der Waals surface area contributed by atoms with Crippen LogP contribution in [0.5, 0.6) is 5.75 Å². The monoisotopic (exact) mass is 457 g/mol. The molecule has 0 aliphatic carbocycles. The number of carbonyl (C=O) groups excluding carboxylic acids is 1. The first-order valence-corrected chi connectivity index (χ1v) is 10.8. The number of halogens is 2. The summed E-state index contributed by atoms with van der Waals surface area (Å²) in [4.78, 5) is 29.2. The van der Waals surface area contributed by atoms with E-state index in [1.165, 1.54) is 12.3 Å². The zero-order valence-electron chi connectivity index (χ0n) is 17.9. The number of hydrogen-bond acceptors (Lipinski definition) is 5. The second-order valence-electron chi connectivity index (χ2n) is 8.13. The lowest BCUT2D eigenvalue weighted by Crippen LogP contribution is -2.45. The van der Waals surface area contributed by atoms with E-state index in [0.717, 1.165) is 12.1 Å². The fourth-order valence-corrected chi connectivity index (χ4v) is 4.02. The summed E-state index contributed by atoms with van der Waals surface area (Å²) in [5.74, 6) is -1.93. The standard InChI is InChI=1S/C24H25F2N3O4/c25-21-6-5-17(11-22(21)26)33-16-7-9-29(10-8-16)14-15(30)12-27-24(32)20-13-28-23(31)19-4-2-1-3-18(19)20/h1-6,11,13,15-16,30H,7-10,12,14H2,(H,27,32)(H,28,31)/t15-/m1/s1. The van der Waals surface area contributed by atoms with E-state index in [4.69, 9.17) is 4.74 Å². The van der Waals surface area contributed by atoms with Crippen LogP contribution in [-0.2, 0) is 0 Å². The minimum Gasteiger partial charge on any atom is -0.490 e. The van der Waals surface area contributed by atoms with Gasteiger partial charge in [0.05, 0.1) is 11.7 Å². The van der Waals surface area contributed by atoms with Crippen LogP contribution >= 0.6 is 0 Å². The van der Waals surface area contributed by atoms with Gasteiger partial charge in [-0.25, -0.2) is 8.78 Å². The molecule has 3 N–H and O–H groups in total. The number of nitrogens with zero attached hydrogens (tertiary/aromatic N) is 1. The molecule has 1 aromatic heterocycles. The molecular weight excluding hydrogens is 432 g/mol. The van der Waals surface area contributed by atoms with Crippen LogP contribution in [0.3, 0.4) is 0 Å². The molecule has 0 bridgehead atoms. The number of aliphatic hydroxyl groups is 1. The predicted molar refractivity (Wildman–Crippen MR) is 119 cm³/mol. The number of piperidine rings is 1. The first-order chi connectivity index (χ1) is 15.9. The Bertz CT molecular complexity index is 1190. The molecule has 7 nitrogen and oxygen atoms in total. The van der Waals surface area contributed by atoms with Crippen LogP contribution in [0.4, 0.5) is 8.78 Å². The molecule has 33 heavy (non-hydrogen) atoms. The number of benzene rings is 2. The van der Waals surface area contributed by atoms with Gasteiger partial charge in [-0.2, -0.15) is 0 Å². The Labute approximate surface area is 189 Å². The normalized spacial score (nSPS) is 16.0. The number of β-amino-alcohol motifs (C(OH)–C–C–N with tert-alkyl or cyclic N) is 1. The molecule has 174 valence electrons. The number of ether oxygens (including phenoxy) is 1. The minimum absolute atomic E-state index is 0.0670. The first kappa shape index (κ1) is 22.9. The Morgan fingerprint density at radius 2 is 1.88 bits per heavy atom. The largest absolute Gasteiger partial charge is 0.490 e. The number of fused-ring (bicyclic) bond motifs is 1. The maximum Gasteiger partial charge on any atom is 0.255 e. The van der Waals surface area contributed by atoms with Crippen molar-refractivity contribution in [3.63, 3.8) is 0 Å². The Morgan fingerprint density at radius 1 is 1.15 bits per heavy atom. The summed E-state index contributed by atoms with van der Waals surface area (Å²) in [5, 5.41) is 14.1. The molecule has 0 unspecified atom stereocenters. The smallest absolute Gasteiger partial charge is 0.255 e. The summed E-state index contributed by atoms with van der Waals surface area (Å²) < 4.78 is 32.1. The fraction of sp³-hybridized carbons (Fsp3) is 0.333. The van der Waals surface area contributed by atoms with E-state index in [0.29, 0.717) is 54.6 Å². The number of hydrogen-bond donors (Lipinski definition) is 3. The molecule has 1 saturated heterocycles. The first-order valence-electron chi connectivity index (χ1n) is 10.8. The van der Waals surface area contributed by atoms with Crippen LogP contribution in [0, 0.1) is 11.6 Å². The van der Waals surface area contributed by atoms with Gasteiger partial charge in [0.1, 0.15) is 11.9 Å². The van der Waals surface area contributed by atoms with Gasteiger partial charge >= 0.3 is 0 Å². The minimum atomic E-state index is -0.940. The van der Waals surface area contributed by atoms with E-state index in [9.17, 15) is 23.5 Å². The quantitative estimate of drug-likeness (QED) is 0.507. The molecule has 9 heteroatoms. The Balaban J connectivity index is 1.24. The summed E-state index contributed by atoms with van der Waals surface area (Å²) in [6, 6.07) is 10.3. The lowest BCUT2D eigenvalue weighted by Gasteiger charge is -2.33. The number of amides is 1. The lowest BCUT2D eigenvalue weighted by atomic mass is 10.1. The van der Waals surface area contributed by atoms with Crippen LogP contribution in [0.1, 0.15) is 23.2 Å². The lowest BCUT2D eigenvalue weighted by molar-refractivity contribution is 0.0592. The molecule has 1 aliphatic rings. The van der Waals surface area contributed by atoms with Gasteiger partial charge in [0.25, 0.3) is 11.5 Å². The second-order valence-corrected chi connectivity index (χ2v) is 8.13. The highest BCUT2D eigenvalue weighted by Crippen LogP contribution is 2.21. The molecule has 0 saturated carbocycles. The highest BCUT2D eigenvalue weighted by atomic mass is 19.2. The van der Waals surface area contributed by atoms with Gasteiger partial charge in [-0.15, -0.1) is 0 Å². The van der Waals surface area contributed by atoms with Gasteiger partial charge < -0.3 is 25.0 Å². The molecule has 1 aliphatic heterocycles. The van der Waals surface area contributed by atoms with E-state index < -0.39 is 17.7 Å². The zero-order valence-corrected chi connectivity index (χ0v) is 17.9. The van der Waals surface area contributed by atoms with E-state index in [-0.39, 0.29) is 24.1 Å². The summed E-state index contributed by atoms with van der Waals surface area (Å²) in [6.45, 7) is 1.79. The van der Waals surface area contributed by atoms with Crippen LogP contribution in [0.15, 0.2) is 53.5 Å². The zero-order chi connectivity index (χ0) is 23.4.